The van der Waals surface area contributed by atoms with E-state index in [1.807, 2.05) is 0 Å². The summed E-state index contributed by atoms with van der Waals surface area (Å²) in [4.78, 5) is 39.0. The van der Waals surface area contributed by atoms with Crippen LogP contribution in [0.25, 0.3) is 0 Å². The number of hydrogen-bond acceptors (Lipinski definition) is 6. The summed E-state index contributed by atoms with van der Waals surface area (Å²) in [6.07, 6.45) is 0.752. The maximum Gasteiger partial charge on any atom is 0.325 e. The molecule has 1 saturated heterocycles. The molecular weight excluding hydrogens is 439 g/mol. The molecule has 4 rings (SSSR count). The second-order valence-electron chi connectivity index (χ2n) is 6.82. The summed E-state index contributed by atoms with van der Waals surface area (Å²) in [6, 6.07) is 5.86. The molecule has 7 nitrogen and oxygen atoms in total. The Morgan fingerprint density at radius 3 is 2.62 bits per heavy atom. The van der Waals surface area contributed by atoms with E-state index in [1.54, 1.807) is 25.1 Å². The molecule has 0 spiro atoms. The van der Waals surface area contributed by atoms with Gasteiger partial charge in [0.05, 0.1) is 29.7 Å². The summed E-state index contributed by atoms with van der Waals surface area (Å²) >= 11 is 12.9. The van der Waals surface area contributed by atoms with Gasteiger partial charge in [0, 0.05) is 6.42 Å². The van der Waals surface area contributed by atoms with Gasteiger partial charge in [0.1, 0.15) is 9.88 Å². The van der Waals surface area contributed by atoms with Crippen LogP contribution in [0.1, 0.15) is 29.3 Å². The fourth-order valence-electron chi connectivity index (χ4n) is 3.27. The van der Waals surface area contributed by atoms with Crippen LogP contribution in [0.4, 0.5) is 4.79 Å². The van der Waals surface area contributed by atoms with Gasteiger partial charge in [-0.3, -0.25) is 14.5 Å². The van der Waals surface area contributed by atoms with E-state index in [1.165, 1.54) is 6.07 Å². The number of ether oxygens (including phenoxy) is 2. The fraction of sp³-hybridized carbons (Fsp3) is 0.316. The van der Waals surface area contributed by atoms with E-state index in [0.29, 0.717) is 34.6 Å². The summed E-state index contributed by atoms with van der Waals surface area (Å²) < 4.78 is 11.9. The lowest BCUT2D eigenvalue weighted by Crippen LogP contribution is -2.41. The average molecular weight is 455 g/mol. The van der Waals surface area contributed by atoms with Crippen LogP contribution < -0.4 is 14.8 Å². The highest BCUT2D eigenvalue weighted by Crippen LogP contribution is 2.37. The number of halogens is 2. The molecule has 2 aromatic rings. The number of Topliss-reactive ketones (excluding diaryl/α,β-unsaturated/α-hetero) is 1. The van der Waals surface area contributed by atoms with Gasteiger partial charge in [0.25, 0.3) is 5.91 Å². The number of nitrogens with zero attached hydrogens (tertiary/aromatic N) is 1. The first-order valence-corrected chi connectivity index (χ1v) is 10.4. The minimum Gasteiger partial charge on any atom is -0.490 e. The molecule has 0 unspecified atom stereocenters. The lowest BCUT2D eigenvalue weighted by molar-refractivity contribution is -0.130. The third kappa shape index (κ3) is 3.56. The van der Waals surface area contributed by atoms with Crippen LogP contribution in [0.3, 0.4) is 0 Å². The number of amides is 3. The largest absolute Gasteiger partial charge is 0.490 e. The summed E-state index contributed by atoms with van der Waals surface area (Å²) in [5, 5.41) is 2.68. The van der Waals surface area contributed by atoms with Gasteiger partial charge in [-0.15, -0.1) is 11.3 Å². The van der Waals surface area contributed by atoms with E-state index >= 15 is 0 Å². The number of thiophene rings is 1. The zero-order valence-corrected chi connectivity index (χ0v) is 17.6. The Morgan fingerprint density at radius 2 is 1.93 bits per heavy atom. The molecule has 2 aliphatic heterocycles. The predicted octanol–water partition coefficient (Wildman–Crippen LogP) is 3.87. The first-order valence-electron chi connectivity index (χ1n) is 8.82. The third-order valence-electron chi connectivity index (χ3n) is 4.86. The zero-order chi connectivity index (χ0) is 20.8. The zero-order valence-electron chi connectivity index (χ0n) is 15.3. The van der Waals surface area contributed by atoms with Crippen LogP contribution in [-0.2, 0) is 10.3 Å². The smallest absolute Gasteiger partial charge is 0.325 e. The van der Waals surface area contributed by atoms with E-state index in [2.05, 4.69) is 5.32 Å². The van der Waals surface area contributed by atoms with Gasteiger partial charge in [0.2, 0.25) is 0 Å². The van der Waals surface area contributed by atoms with Crippen LogP contribution >= 0.6 is 34.5 Å². The van der Waals surface area contributed by atoms with Gasteiger partial charge in [-0.2, -0.15) is 0 Å². The molecule has 0 radical (unpaired) electrons. The maximum absolute atomic E-state index is 13.1. The van der Waals surface area contributed by atoms with Gasteiger partial charge in [-0.05, 0) is 30.7 Å². The summed E-state index contributed by atoms with van der Waals surface area (Å²) in [6.45, 7) is 2.20. The van der Waals surface area contributed by atoms with Crippen molar-refractivity contribution in [2.75, 3.05) is 19.8 Å². The second kappa shape index (κ2) is 7.51. The Kier molecular flexibility index (Phi) is 5.18. The van der Waals surface area contributed by atoms with Crippen molar-refractivity contribution >= 4 is 52.3 Å². The van der Waals surface area contributed by atoms with Crippen molar-refractivity contribution < 1.29 is 23.9 Å². The molecule has 29 heavy (non-hydrogen) atoms. The SMILES string of the molecule is C[C@]1(c2ccc3c(c2)OCCCO3)NC(=O)N(CC(=O)c2cc(Cl)sc2Cl)C1=O. The molecule has 3 amide bonds. The van der Waals surface area contributed by atoms with Crippen LogP contribution in [0, 0.1) is 0 Å². The molecular formula is C19H16Cl2N2O5S. The van der Waals surface area contributed by atoms with Gasteiger partial charge < -0.3 is 14.8 Å². The molecule has 1 aromatic carbocycles. The quantitative estimate of drug-likeness (QED) is 0.559. The molecule has 0 aliphatic carbocycles. The first kappa shape index (κ1) is 20.0. The minimum atomic E-state index is -1.34. The van der Waals surface area contributed by atoms with Crippen LogP contribution in [0.15, 0.2) is 24.3 Å². The first-order chi connectivity index (χ1) is 13.8. The topological polar surface area (TPSA) is 84.9 Å². The maximum atomic E-state index is 13.1. The van der Waals surface area contributed by atoms with Gasteiger partial charge in [0.15, 0.2) is 17.3 Å². The number of carbonyl (C=O) groups is 3. The number of benzene rings is 1. The van der Waals surface area contributed by atoms with E-state index < -0.39 is 29.8 Å². The van der Waals surface area contributed by atoms with Crippen molar-refractivity contribution in [1.29, 1.82) is 0 Å². The highest BCUT2D eigenvalue weighted by molar-refractivity contribution is 7.20. The Hall–Kier alpha value is -2.29. The van der Waals surface area contributed by atoms with E-state index in [-0.39, 0.29) is 9.90 Å². The van der Waals surface area contributed by atoms with Crippen LogP contribution in [0.5, 0.6) is 11.5 Å². The monoisotopic (exact) mass is 454 g/mol. The van der Waals surface area contributed by atoms with Crippen LogP contribution in [-0.4, -0.2) is 42.4 Å². The highest BCUT2D eigenvalue weighted by Gasteiger charge is 2.50. The van der Waals surface area contributed by atoms with E-state index in [4.69, 9.17) is 32.7 Å². The van der Waals surface area contributed by atoms with Crippen molar-refractivity contribution in [3.05, 3.63) is 44.1 Å². The van der Waals surface area contributed by atoms with Crippen molar-refractivity contribution in [3.63, 3.8) is 0 Å². The molecule has 1 aromatic heterocycles. The van der Waals surface area contributed by atoms with Gasteiger partial charge in [-0.25, -0.2) is 4.79 Å². The number of urea groups is 1. The Balaban J connectivity index is 1.59. The number of nitrogens with one attached hydrogen (secondary N) is 1. The molecule has 3 heterocycles. The van der Waals surface area contributed by atoms with Gasteiger partial charge >= 0.3 is 6.03 Å². The normalized spacial score (nSPS) is 21.1. The number of hydrogen-bond donors (Lipinski definition) is 1. The molecule has 0 bridgehead atoms. The molecule has 1 fully saturated rings. The molecule has 10 heteroatoms. The Bertz CT molecular complexity index is 1020. The number of rotatable bonds is 4. The van der Waals surface area contributed by atoms with E-state index in [9.17, 15) is 14.4 Å². The van der Waals surface area contributed by atoms with Crippen LogP contribution in [0.2, 0.25) is 8.67 Å². The standard InChI is InChI=1S/C19H16Cl2N2O5S/c1-19(10-3-4-13-14(7-10)28-6-2-5-27-13)17(25)23(18(26)22-19)9-12(24)11-8-15(20)29-16(11)21/h3-4,7-8H,2,5-6,9H2,1H3,(H,22,26)/t19-/m1/s1. The number of ketones is 1. The van der Waals surface area contributed by atoms with Gasteiger partial charge in [-0.1, -0.05) is 29.3 Å². The number of imide groups is 1. The third-order valence-corrected chi connectivity index (χ3v) is 6.35. The number of carbonyl (C=O) groups excluding carboxylic acids is 3. The average Bonchev–Trinajstić information content (AvgIpc) is 3.00. The molecule has 1 N–H and O–H groups in total. The lowest BCUT2D eigenvalue weighted by Gasteiger charge is -2.23. The predicted molar refractivity (Wildman–Crippen MR) is 108 cm³/mol. The van der Waals surface area contributed by atoms with Crippen molar-refractivity contribution in [2.24, 2.45) is 0 Å². The highest BCUT2D eigenvalue weighted by atomic mass is 35.5. The minimum absolute atomic E-state index is 0.187. The summed E-state index contributed by atoms with van der Waals surface area (Å²) in [5.74, 6) is 0.0903. The molecule has 2 aliphatic rings. The van der Waals surface area contributed by atoms with Crippen molar-refractivity contribution in [2.45, 2.75) is 18.9 Å². The lowest BCUT2D eigenvalue weighted by atomic mass is 9.91. The summed E-state index contributed by atoms with van der Waals surface area (Å²) in [5.41, 5.74) is -0.615. The van der Waals surface area contributed by atoms with E-state index in [0.717, 1.165) is 22.7 Å². The molecule has 0 saturated carbocycles. The number of fused-ring (bicyclic) bond motifs is 1. The van der Waals surface area contributed by atoms with Crippen molar-refractivity contribution in [1.82, 2.24) is 10.2 Å². The Morgan fingerprint density at radius 1 is 1.21 bits per heavy atom. The fourth-order valence-corrected chi connectivity index (χ4v) is 4.77. The Labute approximate surface area is 180 Å². The van der Waals surface area contributed by atoms with Crippen molar-refractivity contribution in [3.8, 4) is 11.5 Å². The second-order valence-corrected chi connectivity index (χ2v) is 9.11. The molecule has 1 atom stereocenters. The molecule has 152 valence electrons. The summed E-state index contributed by atoms with van der Waals surface area (Å²) in [7, 11) is 0.